The lowest BCUT2D eigenvalue weighted by Crippen LogP contribution is -2.72. The fourth-order valence-corrected chi connectivity index (χ4v) is 11.3. The molecule has 11 unspecified atom stereocenters. The van der Waals surface area contributed by atoms with Crippen LogP contribution >= 0.6 is 0 Å². The second-order valence-electron chi connectivity index (χ2n) is 15.3. The first-order chi connectivity index (χ1) is 15.7. The highest BCUT2D eigenvalue weighted by Gasteiger charge is 2.73. The van der Waals surface area contributed by atoms with E-state index < -0.39 is 12.2 Å². The van der Waals surface area contributed by atoms with Crippen LogP contribution in [0.1, 0.15) is 93.4 Å². The molecular formula is C30H46O4. The fourth-order valence-electron chi connectivity index (χ4n) is 11.3. The number of fused-ring (bicyclic) bond motifs is 8. The molecule has 34 heavy (non-hydrogen) atoms. The number of carbonyl (C=O) groups is 1. The molecule has 1 saturated heterocycles. The van der Waals surface area contributed by atoms with Crippen molar-refractivity contribution >= 4 is 5.97 Å². The number of aliphatic hydroxyl groups excluding tert-OH is 2. The predicted octanol–water partition coefficient (Wildman–Crippen LogP) is 5.51. The summed E-state index contributed by atoms with van der Waals surface area (Å²) in [5.41, 5.74) is 1.21. The van der Waals surface area contributed by atoms with Crippen molar-refractivity contribution in [2.75, 3.05) is 0 Å². The Morgan fingerprint density at radius 3 is 2.29 bits per heavy atom. The van der Waals surface area contributed by atoms with E-state index in [-0.39, 0.29) is 56.9 Å². The Kier molecular flexibility index (Phi) is 4.64. The highest BCUT2D eigenvalue weighted by molar-refractivity contribution is 5.75. The molecule has 0 spiro atoms. The van der Waals surface area contributed by atoms with Crippen LogP contribution in [0, 0.1) is 56.7 Å². The highest BCUT2D eigenvalue weighted by Crippen LogP contribution is 2.75. The lowest BCUT2D eigenvalue weighted by Gasteiger charge is -2.72. The van der Waals surface area contributed by atoms with E-state index in [1.165, 1.54) is 5.57 Å². The quantitative estimate of drug-likeness (QED) is 0.362. The van der Waals surface area contributed by atoms with Crippen LogP contribution in [0.15, 0.2) is 11.6 Å². The minimum absolute atomic E-state index is 0.00874. The zero-order chi connectivity index (χ0) is 24.6. The van der Waals surface area contributed by atoms with Crippen LogP contribution in [-0.2, 0) is 9.53 Å². The molecule has 4 nitrogen and oxygen atoms in total. The third kappa shape index (κ3) is 2.56. The van der Waals surface area contributed by atoms with Crippen molar-refractivity contribution in [3.8, 4) is 0 Å². The highest BCUT2D eigenvalue weighted by atomic mass is 16.6. The Balaban J connectivity index is 1.50. The number of allylic oxidation sites excluding steroid dienone is 1. The molecule has 0 aromatic rings. The van der Waals surface area contributed by atoms with Gasteiger partial charge in [0.05, 0.1) is 18.1 Å². The first-order valence-corrected chi connectivity index (χ1v) is 14.0. The van der Waals surface area contributed by atoms with Gasteiger partial charge in [0, 0.05) is 11.3 Å². The van der Waals surface area contributed by atoms with E-state index in [0.29, 0.717) is 11.8 Å². The summed E-state index contributed by atoms with van der Waals surface area (Å²) in [6.45, 7) is 16.4. The monoisotopic (exact) mass is 470 g/mol. The smallest absolute Gasteiger partial charge is 0.309 e. The Morgan fingerprint density at radius 1 is 0.912 bits per heavy atom. The Hall–Kier alpha value is -0.870. The maximum Gasteiger partial charge on any atom is 0.309 e. The molecule has 0 radical (unpaired) electrons. The van der Waals surface area contributed by atoms with Crippen LogP contribution in [0.3, 0.4) is 0 Å². The van der Waals surface area contributed by atoms with Crippen molar-refractivity contribution in [1.82, 2.24) is 0 Å². The molecule has 4 heteroatoms. The minimum atomic E-state index is -0.573. The van der Waals surface area contributed by atoms with Gasteiger partial charge in [-0.2, -0.15) is 0 Å². The topological polar surface area (TPSA) is 66.8 Å². The summed E-state index contributed by atoms with van der Waals surface area (Å²) in [7, 11) is 0. The summed E-state index contributed by atoms with van der Waals surface area (Å²) in [6, 6.07) is 0. The van der Waals surface area contributed by atoms with Gasteiger partial charge >= 0.3 is 5.97 Å². The average molecular weight is 471 g/mol. The first-order valence-electron chi connectivity index (χ1n) is 14.0. The van der Waals surface area contributed by atoms with Crippen molar-refractivity contribution in [3.63, 3.8) is 0 Å². The van der Waals surface area contributed by atoms with Gasteiger partial charge in [-0.3, -0.25) is 4.79 Å². The fraction of sp³-hybridized carbons (Fsp3) is 0.900. The van der Waals surface area contributed by atoms with Crippen LogP contribution in [0.2, 0.25) is 0 Å². The van der Waals surface area contributed by atoms with Gasteiger partial charge in [0.2, 0.25) is 0 Å². The van der Waals surface area contributed by atoms with E-state index in [1.54, 1.807) is 0 Å². The molecule has 0 aromatic heterocycles. The molecule has 6 aliphatic rings. The second-order valence-corrected chi connectivity index (χ2v) is 15.3. The van der Waals surface area contributed by atoms with E-state index in [0.717, 1.165) is 44.9 Å². The standard InChI is InChI=1S/C30H46O4/c1-26(2)14-16-18-8-9-20-28(5)12-11-21(31)27(3,4)19(28)10-13-29(20,6)30(18,7)24-23(32)22(16)17(15-26)25(33)34-24/h8,16-17,19-24,31-32H,9-15H2,1-7H3. The van der Waals surface area contributed by atoms with Crippen molar-refractivity contribution in [2.24, 2.45) is 56.7 Å². The van der Waals surface area contributed by atoms with Crippen LogP contribution in [-0.4, -0.2) is 34.5 Å². The van der Waals surface area contributed by atoms with Gasteiger partial charge in [-0.25, -0.2) is 0 Å². The Morgan fingerprint density at radius 2 is 1.59 bits per heavy atom. The van der Waals surface area contributed by atoms with Crippen LogP contribution < -0.4 is 0 Å². The molecule has 5 aliphatic carbocycles. The van der Waals surface area contributed by atoms with Gasteiger partial charge in [-0.15, -0.1) is 0 Å². The minimum Gasteiger partial charge on any atom is -0.458 e. The number of aliphatic hydroxyl groups is 2. The Bertz CT molecular complexity index is 949. The largest absolute Gasteiger partial charge is 0.458 e. The Labute approximate surface area is 205 Å². The molecule has 11 atom stereocenters. The summed E-state index contributed by atoms with van der Waals surface area (Å²) < 4.78 is 6.29. The number of ether oxygens (including phenoxy) is 1. The molecular weight excluding hydrogens is 424 g/mol. The van der Waals surface area contributed by atoms with E-state index in [1.807, 2.05) is 0 Å². The molecule has 1 aliphatic heterocycles. The van der Waals surface area contributed by atoms with E-state index >= 15 is 0 Å². The predicted molar refractivity (Wildman–Crippen MR) is 132 cm³/mol. The lowest BCUT2D eigenvalue weighted by atomic mass is 9.33. The molecule has 6 rings (SSSR count). The number of esters is 1. The van der Waals surface area contributed by atoms with Gasteiger partial charge in [-0.1, -0.05) is 60.1 Å². The summed E-state index contributed by atoms with van der Waals surface area (Å²) in [6.07, 6.45) is 8.30. The van der Waals surface area contributed by atoms with Crippen LogP contribution in [0.4, 0.5) is 0 Å². The number of hydrogen-bond donors (Lipinski definition) is 2. The van der Waals surface area contributed by atoms with Crippen molar-refractivity contribution in [2.45, 2.75) is 112 Å². The first kappa shape index (κ1) is 23.5. The number of rotatable bonds is 0. The summed E-state index contributed by atoms with van der Waals surface area (Å²) in [4.78, 5) is 13.4. The lowest BCUT2D eigenvalue weighted by molar-refractivity contribution is -0.263. The molecule has 0 aromatic carbocycles. The molecule has 0 amide bonds. The SMILES string of the molecule is CC1(C)CC2C(=O)OC3C(O)C2C(C1)C1=CCC2C4(C)CCC(O)C(C)(C)C4CCC2(C)C13C. The van der Waals surface area contributed by atoms with E-state index in [4.69, 9.17) is 4.74 Å². The normalized spacial score (nSPS) is 56.9. The van der Waals surface area contributed by atoms with Gasteiger partial charge in [-0.05, 0) is 84.4 Å². The maximum absolute atomic E-state index is 13.4. The third-order valence-electron chi connectivity index (χ3n) is 13.1. The molecule has 1 heterocycles. The molecule has 4 saturated carbocycles. The second kappa shape index (κ2) is 6.71. The van der Waals surface area contributed by atoms with Crippen LogP contribution in [0.25, 0.3) is 0 Å². The summed E-state index contributed by atoms with van der Waals surface area (Å²) >= 11 is 0. The summed E-state index contributed by atoms with van der Waals surface area (Å²) in [5, 5.41) is 22.7. The zero-order valence-electron chi connectivity index (χ0n) is 22.4. The molecule has 5 fully saturated rings. The van der Waals surface area contributed by atoms with Crippen LogP contribution in [0.5, 0.6) is 0 Å². The van der Waals surface area contributed by atoms with E-state index in [2.05, 4.69) is 54.5 Å². The van der Waals surface area contributed by atoms with E-state index in [9.17, 15) is 15.0 Å². The summed E-state index contributed by atoms with van der Waals surface area (Å²) in [5.74, 6) is 0.973. The van der Waals surface area contributed by atoms with Crippen molar-refractivity contribution in [1.29, 1.82) is 0 Å². The van der Waals surface area contributed by atoms with Gasteiger partial charge in [0.15, 0.2) is 0 Å². The number of hydrogen-bond acceptors (Lipinski definition) is 4. The third-order valence-corrected chi connectivity index (χ3v) is 13.1. The van der Waals surface area contributed by atoms with Crippen molar-refractivity contribution < 1.29 is 19.7 Å². The van der Waals surface area contributed by atoms with Gasteiger partial charge in [0.1, 0.15) is 6.10 Å². The zero-order valence-corrected chi connectivity index (χ0v) is 22.4. The molecule has 2 bridgehead atoms. The van der Waals surface area contributed by atoms with Crippen molar-refractivity contribution in [3.05, 3.63) is 11.6 Å². The van der Waals surface area contributed by atoms with Gasteiger partial charge in [0.25, 0.3) is 0 Å². The van der Waals surface area contributed by atoms with Gasteiger partial charge < -0.3 is 14.9 Å². The molecule has 190 valence electrons. The average Bonchev–Trinajstić information content (AvgIpc) is 2.73. The molecule has 2 N–H and O–H groups in total. The number of carbonyl (C=O) groups excluding carboxylic acids is 1. The maximum atomic E-state index is 13.4.